The predicted molar refractivity (Wildman–Crippen MR) is 69.6 cm³/mol. The zero-order chi connectivity index (χ0) is 11.5. The first-order chi connectivity index (χ1) is 7.66. The standard InChI is InChI=1S/C13H19ClN2/c1-16(12-4-2-3-5-12)9-10-8-11(14)6-7-13(10)15/h6-8,12H,2-5,9,15H2,1H3. The number of halogens is 1. The Bertz CT molecular complexity index is 359. The molecule has 1 aromatic rings. The van der Waals surface area contributed by atoms with Crippen LogP contribution in [0.1, 0.15) is 31.2 Å². The van der Waals surface area contributed by atoms with Crippen LogP contribution in [0.5, 0.6) is 0 Å². The van der Waals surface area contributed by atoms with Gasteiger partial charge in [0.15, 0.2) is 0 Å². The first-order valence-electron chi connectivity index (χ1n) is 5.91. The van der Waals surface area contributed by atoms with Crippen molar-refractivity contribution in [2.24, 2.45) is 0 Å². The van der Waals surface area contributed by atoms with E-state index in [2.05, 4.69) is 11.9 Å². The van der Waals surface area contributed by atoms with Crippen molar-refractivity contribution in [2.45, 2.75) is 38.3 Å². The van der Waals surface area contributed by atoms with Crippen LogP contribution in [0.25, 0.3) is 0 Å². The highest BCUT2D eigenvalue weighted by molar-refractivity contribution is 6.30. The van der Waals surface area contributed by atoms with Gasteiger partial charge in [0.25, 0.3) is 0 Å². The molecule has 0 radical (unpaired) electrons. The van der Waals surface area contributed by atoms with E-state index in [4.69, 9.17) is 17.3 Å². The first-order valence-corrected chi connectivity index (χ1v) is 6.29. The molecule has 0 bridgehead atoms. The van der Waals surface area contributed by atoms with Crippen LogP contribution in [0.2, 0.25) is 5.02 Å². The van der Waals surface area contributed by atoms with Crippen LogP contribution < -0.4 is 5.73 Å². The lowest BCUT2D eigenvalue weighted by molar-refractivity contribution is 0.238. The number of hydrogen-bond acceptors (Lipinski definition) is 2. The summed E-state index contributed by atoms with van der Waals surface area (Å²) in [6.45, 7) is 0.900. The summed E-state index contributed by atoms with van der Waals surface area (Å²) in [5, 5.41) is 0.768. The van der Waals surface area contributed by atoms with Crippen molar-refractivity contribution in [3.63, 3.8) is 0 Å². The maximum Gasteiger partial charge on any atom is 0.0410 e. The van der Waals surface area contributed by atoms with Gasteiger partial charge in [0.1, 0.15) is 0 Å². The summed E-state index contributed by atoms with van der Waals surface area (Å²) in [6.07, 6.45) is 5.36. The Labute approximate surface area is 102 Å². The number of nitrogen functional groups attached to an aromatic ring is 1. The van der Waals surface area contributed by atoms with Gasteiger partial charge in [0, 0.05) is 23.3 Å². The molecule has 16 heavy (non-hydrogen) atoms. The monoisotopic (exact) mass is 238 g/mol. The zero-order valence-corrected chi connectivity index (χ0v) is 10.5. The van der Waals surface area contributed by atoms with E-state index in [1.54, 1.807) is 0 Å². The summed E-state index contributed by atoms with van der Waals surface area (Å²) < 4.78 is 0. The number of nitrogens with two attached hydrogens (primary N) is 1. The number of benzene rings is 1. The molecule has 1 aliphatic rings. The summed E-state index contributed by atoms with van der Waals surface area (Å²) in [5.41, 5.74) is 7.93. The Morgan fingerprint density at radius 1 is 1.38 bits per heavy atom. The molecule has 0 heterocycles. The minimum absolute atomic E-state index is 0.721. The predicted octanol–water partition coefficient (Wildman–Crippen LogP) is 3.30. The van der Waals surface area contributed by atoms with Crippen LogP contribution in [-0.2, 0) is 6.54 Å². The van der Waals surface area contributed by atoms with Gasteiger partial charge in [0.05, 0.1) is 0 Å². The highest BCUT2D eigenvalue weighted by Crippen LogP contribution is 2.25. The third kappa shape index (κ3) is 2.69. The molecule has 0 aromatic heterocycles. The fraction of sp³-hybridized carbons (Fsp3) is 0.538. The molecule has 88 valence electrons. The molecule has 2 N–H and O–H groups in total. The van der Waals surface area contributed by atoms with Gasteiger partial charge in [-0.15, -0.1) is 0 Å². The van der Waals surface area contributed by atoms with Crippen LogP contribution in [0.4, 0.5) is 5.69 Å². The second-order valence-corrected chi connectivity index (χ2v) is 5.13. The summed E-state index contributed by atoms with van der Waals surface area (Å²) >= 11 is 5.99. The Morgan fingerprint density at radius 3 is 2.75 bits per heavy atom. The maximum atomic E-state index is 5.99. The summed E-state index contributed by atoms with van der Waals surface area (Å²) in [5.74, 6) is 0. The Hall–Kier alpha value is -0.730. The smallest absolute Gasteiger partial charge is 0.0410 e. The van der Waals surface area contributed by atoms with Gasteiger partial charge in [-0.25, -0.2) is 0 Å². The number of anilines is 1. The third-order valence-corrected chi connectivity index (χ3v) is 3.71. The minimum Gasteiger partial charge on any atom is -0.398 e. The molecule has 0 spiro atoms. The van der Waals surface area contributed by atoms with Crippen molar-refractivity contribution in [3.8, 4) is 0 Å². The van der Waals surface area contributed by atoms with E-state index < -0.39 is 0 Å². The first kappa shape index (κ1) is 11.7. The molecule has 0 amide bonds. The molecule has 1 aliphatic carbocycles. The van der Waals surface area contributed by atoms with Crippen LogP contribution >= 0.6 is 11.6 Å². The van der Waals surface area contributed by atoms with Crippen molar-refractivity contribution in [1.82, 2.24) is 4.90 Å². The van der Waals surface area contributed by atoms with E-state index in [1.165, 1.54) is 25.7 Å². The van der Waals surface area contributed by atoms with Crippen LogP contribution in [-0.4, -0.2) is 18.0 Å². The van der Waals surface area contributed by atoms with E-state index in [-0.39, 0.29) is 0 Å². The Kier molecular flexibility index (Phi) is 3.72. The third-order valence-electron chi connectivity index (χ3n) is 3.47. The minimum atomic E-state index is 0.721. The lowest BCUT2D eigenvalue weighted by atomic mass is 10.1. The summed E-state index contributed by atoms with van der Waals surface area (Å²) in [7, 11) is 2.18. The van der Waals surface area contributed by atoms with Gasteiger partial charge in [-0.2, -0.15) is 0 Å². The molecule has 0 unspecified atom stereocenters. The average molecular weight is 239 g/mol. The molecule has 1 aromatic carbocycles. The number of nitrogens with zero attached hydrogens (tertiary/aromatic N) is 1. The summed E-state index contributed by atoms with van der Waals surface area (Å²) in [6, 6.07) is 6.43. The molecule has 3 heteroatoms. The van der Waals surface area contributed by atoms with Gasteiger partial charge in [0.2, 0.25) is 0 Å². The molecular formula is C13H19ClN2. The molecular weight excluding hydrogens is 220 g/mol. The molecule has 0 saturated heterocycles. The van der Waals surface area contributed by atoms with E-state index in [0.29, 0.717) is 0 Å². The maximum absolute atomic E-state index is 5.99. The SMILES string of the molecule is CN(Cc1cc(Cl)ccc1N)C1CCCC1. The second-order valence-electron chi connectivity index (χ2n) is 4.70. The molecule has 0 atom stereocenters. The van der Waals surface area contributed by atoms with Crippen LogP contribution in [0, 0.1) is 0 Å². The highest BCUT2D eigenvalue weighted by Gasteiger charge is 2.19. The fourth-order valence-electron chi connectivity index (χ4n) is 2.45. The van der Waals surface area contributed by atoms with E-state index in [0.717, 1.165) is 28.9 Å². The van der Waals surface area contributed by atoms with Gasteiger partial charge < -0.3 is 5.73 Å². The van der Waals surface area contributed by atoms with Crippen molar-refractivity contribution < 1.29 is 0 Å². The highest BCUT2D eigenvalue weighted by atomic mass is 35.5. The lowest BCUT2D eigenvalue weighted by Crippen LogP contribution is -2.28. The second kappa shape index (κ2) is 5.07. The van der Waals surface area contributed by atoms with E-state index in [1.807, 2.05) is 18.2 Å². The average Bonchev–Trinajstić information content (AvgIpc) is 2.76. The van der Waals surface area contributed by atoms with Gasteiger partial charge in [-0.3, -0.25) is 4.90 Å². The molecule has 1 saturated carbocycles. The lowest BCUT2D eigenvalue weighted by Gasteiger charge is -2.24. The van der Waals surface area contributed by atoms with E-state index in [9.17, 15) is 0 Å². The molecule has 1 fully saturated rings. The van der Waals surface area contributed by atoms with Gasteiger partial charge in [-0.05, 0) is 43.7 Å². The van der Waals surface area contributed by atoms with Crippen molar-refractivity contribution >= 4 is 17.3 Å². The molecule has 0 aliphatic heterocycles. The normalized spacial score (nSPS) is 17.2. The van der Waals surface area contributed by atoms with Crippen molar-refractivity contribution in [2.75, 3.05) is 12.8 Å². The van der Waals surface area contributed by atoms with Gasteiger partial charge >= 0.3 is 0 Å². The number of hydrogen-bond donors (Lipinski definition) is 1. The van der Waals surface area contributed by atoms with Crippen molar-refractivity contribution in [1.29, 1.82) is 0 Å². The quantitative estimate of drug-likeness (QED) is 0.819. The Balaban J connectivity index is 2.04. The van der Waals surface area contributed by atoms with E-state index >= 15 is 0 Å². The fourth-order valence-corrected chi connectivity index (χ4v) is 2.65. The molecule has 2 rings (SSSR count). The van der Waals surface area contributed by atoms with Crippen LogP contribution in [0.15, 0.2) is 18.2 Å². The van der Waals surface area contributed by atoms with Crippen molar-refractivity contribution in [3.05, 3.63) is 28.8 Å². The number of rotatable bonds is 3. The van der Waals surface area contributed by atoms with Gasteiger partial charge in [-0.1, -0.05) is 24.4 Å². The zero-order valence-electron chi connectivity index (χ0n) is 9.75. The largest absolute Gasteiger partial charge is 0.398 e. The Morgan fingerprint density at radius 2 is 2.06 bits per heavy atom. The summed E-state index contributed by atoms with van der Waals surface area (Å²) in [4.78, 5) is 2.40. The topological polar surface area (TPSA) is 29.3 Å². The van der Waals surface area contributed by atoms with Crippen LogP contribution in [0.3, 0.4) is 0 Å². The molecule has 2 nitrogen and oxygen atoms in total.